The molecule has 0 saturated carbocycles. The van der Waals surface area contributed by atoms with Gasteiger partial charge in [-0.05, 0) is 37.1 Å². The number of unbranched alkanes of at least 4 members (excludes halogenated alkanes) is 1. The first-order chi connectivity index (χ1) is 8.72. The Bertz CT molecular complexity index is 411. The van der Waals surface area contributed by atoms with E-state index in [9.17, 15) is 4.39 Å². The number of terminal acetylenes is 1. The van der Waals surface area contributed by atoms with E-state index < -0.39 is 0 Å². The lowest BCUT2D eigenvalue weighted by molar-refractivity contribution is 0.384. The number of methoxy groups -OCH3 is 1. The summed E-state index contributed by atoms with van der Waals surface area (Å²) in [7, 11) is 1.47. The molecule has 0 amide bonds. The Morgan fingerprint density at radius 2 is 2.28 bits per heavy atom. The summed E-state index contributed by atoms with van der Waals surface area (Å²) >= 11 is 0. The van der Waals surface area contributed by atoms with Gasteiger partial charge in [0.1, 0.15) is 0 Å². The largest absolute Gasteiger partial charge is 0.494 e. The van der Waals surface area contributed by atoms with Gasteiger partial charge >= 0.3 is 0 Å². The summed E-state index contributed by atoms with van der Waals surface area (Å²) in [5.74, 6) is 2.59. The highest BCUT2D eigenvalue weighted by Crippen LogP contribution is 2.25. The van der Waals surface area contributed by atoms with Crippen LogP contribution < -0.4 is 10.1 Å². The predicted molar refractivity (Wildman–Crippen MR) is 72.1 cm³/mol. The van der Waals surface area contributed by atoms with Crippen LogP contribution in [0.25, 0.3) is 0 Å². The van der Waals surface area contributed by atoms with E-state index in [4.69, 9.17) is 11.2 Å². The second-order valence-corrected chi connectivity index (χ2v) is 4.10. The standard InChI is InChI=1S/C15H20FNO/c1-4-6-7-8-14(17-5-2)12-9-10-13(16)15(11-12)18-3/h1,9-11,14,17H,5-8H2,2-3H3. The van der Waals surface area contributed by atoms with E-state index in [0.29, 0.717) is 0 Å². The van der Waals surface area contributed by atoms with E-state index in [-0.39, 0.29) is 17.6 Å². The molecule has 1 unspecified atom stereocenters. The SMILES string of the molecule is C#CCCCC(NCC)c1ccc(F)c(OC)c1. The van der Waals surface area contributed by atoms with Gasteiger partial charge in [-0.2, -0.15) is 0 Å². The molecule has 98 valence electrons. The molecule has 18 heavy (non-hydrogen) atoms. The van der Waals surface area contributed by atoms with Crippen LogP contribution in [-0.4, -0.2) is 13.7 Å². The Balaban J connectivity index is 2.81. The summed E-state index contributed by atoms with van der Waals surface area (Å²) in [6.07, 6.45) is 7.91. The molecule has 1 N–H and O–H groups in total. The molecule has 1 atom stereocenters. The van der Waals surface area contributed by atoms with Gasteiger partial charge in [0.2, 0.25) is 0 Å². The summed E-state index contributed by atoms with van der Waals surface area (Å²) in [5.41, 5.74) is 1.03. The zero-order valence-corrected chi connectivity index (χ0v) is 11.0. The molecular formula is C15H20FNO. The van der Waals surface area contributed by atoms with Crippen molar-refractivity contribution in [3.8, 4) is 18.1 Å². The number of benzene rings is 1. The van der Waals surface area contributed by atoms with Gasteiger partial charge in [0, 0.05) is 12.5 Å². The lowest BCUT2D eigenvalue weighted by Crippen LogP contribution is -2.21. The molecule has 0 fully saturated rings. The summed E-state index contributed by atoms with van der Waals surface area (Å²) in [5, 5.41) is 3.38. The molecule has 1 aromatic carbocycles. The van der Waals surface area contributed by atoms with Gasteiger partial charge in [0.15, 0.2) is 11.6 Å². The molecule has 1 aromatic rings. The van der Waals surface area contributed by atoms with E-state index in [1.165, 1.54) is 13.2 Å². The molecule has 2 nitrogen and oxygen atoms in total. The highest BCUT2D eigenvalue weighted by atomic mass is 19.1. The molecule has 0 aliphatic heterocycles. The van der Waals surface area contributed by atoms with Crippen LogP contribution in [0.15, 0.2) is 18.2 Å². The van der Waals surface area contributed by atoms with Crippen LogP contribution in [-0.2, 0) is 0 Å². The topological polar surface area (TPSA) is 21.3 Å². The van der Waals surface area contributed by atoms with Crippen LogP contribution in [0.3, 0.4) is 0 Å². The van der Waals surface area contributed by atoms with Gasteiger partial charge in [-0.3, -0.25) is 0 Å². The third-order valence-electron chi connectivity index (χ3n) is 2.84. The van der Waals surface area contributed by atoms with Crippen molar-refractivity contribution in [1.29, 1.82) is 0 Å². The minimum absolute atomic E-state index is 0.192. The minimum atomic E-state index is -0.333. The zero-order valence-electron chi connectivity index (χ0n) is 11.0. The quantitative estimate of drug-likeness (QED) is 0.591. The third-order valence-corrected chi connectivity index (χ3v) is 2.84. The van der Waals surface area contributed by atoms with Crippen LogP contribution in [0.5, 0.6) is 5.75 Å². The smallest absolute Gasteiger partial charge is 0.165 e. The Labute approximate surface area is 109 Å². The number of hydrogen-bond acceptors (Lipinski definition) is 2. The van der Waals surface area contributed by atoms with Crippen molar-refractivity contribution in [2.45, 2.75) is 32.2 Å². The second kappa shape index (κ2) is 7.73. The molecule has 0 aromatic heterocycles. The van der Waals surface area contributed by atoms with Gasteiger partial charge in [-0.25, -0.2) is 4.39 Å². The molecule has 0 spiro atoms. The number of hydrogen-bond donors (Lipinski definition) is 1. The fourth-order valence-corrected chi connectivity index (χ4v) is 1.93. The molecule has 0 bridgehead atoms. The second-order valence-electron chi connectivity index (χ2n) is 4.10. The molecular weight excluding hydrogens is 229 g/mol. The summed E-state index contributed by atoms with van der Waals surface area (Å²) in [4.78, 5) is 0. The average Bonchev–Trinajstić information content (AvgIpc) is 2.39. The maximum Gasteiger partial charge on any atom is 0.165 e. The fraction of sp³-hybridized carbons (Fsp3) is 0.467. The van der Waals surface area contributed by atoms with E-state index in [0.717, 1.165) is 31.4 Å². The molecule has 3 heteroatoms. The van der Waals surface area contributed by atoms with Crippen molar-refractivity contribution in [3.63, 3.8) is 0 Å². The number of nitrogens with one attached hydrogen (secondary N) is 1. The van der Waals surface area contributed by atoms with Crippen LogP contribution in [0.1, 0.15) is 37.8 Å². The summed E-state index contributed by atoms with van der Waals surface area (Å²) in [6, 6.07) is 5.18. The minimum Gasteiger partial charge on any atom is -0.494 e. The van der Waals surface area contributed by atoms with Crippen LogP contribution >= 0.6 is 0 Å². The molecule has 1 rings (SSSR count). The maximum absolute atomic E-state index is 13.4. The average molecular weight is 249 g/mol. The summed E-state index contributed by atoms with van der Waals surface area (Å²) < 4.78 is 18.4. The lowest BCUT2D eigenvalue weighted by Gasteiger charge is -2.18. The summed E-state index contributed by atoms with van der Waals surface area (Å²) in [6.45, 7) is 2.91. The zero-order chi connectivity index (χ0) is 13.4. The molecule has 0 radical (unpaired) electrons. The highest BCUT2D eigenvalue weighted by molar-refractivity contribution is 5.32. The maximum atomic E-state index is 13.4. The molecule has 0 aliphatic carbocycles. The Kier molecular flexibility index (Phi) is 6.24. The van der Waals surface area contributed by atoms with Crippen molar-refractivity contribution in [3.05, 3.63) is 29.6 Å². The molecule has 0 aliphatic rings. The van der Waals surface area contributed by atoms with Gasteiger partial charge in [-0.15, -0.1) is 12.3 Å². The number of rotatable bonds is 7. The van der Waals surface area contributed by atoms with Crippen molar-refractivity contribution in [1.82, 2.24) is 5.32 Å². The van der Waals surface area contributed by atoms with Crippen LogP contribution in [0.4, 0.5) is 4.39 Å². The number of halogens is 1. The van der Waals surface area contributed by atoms with Gasteiger partial charge in [0.25, 0.3) is 0 Å². The first kappa shape index (κ1) is 14.5. The van der Waals surface area contributed by atoms with E-state index in [1.807, 2.05) is 0 Å². The highest BCUT2D eigenvalue weighted by Gasteiger charge is 2.12. The lowest BCUT2D eigenvalue weighted by atomic mass is 10.0. The van der Waals surface area contributed by atoms with E-state index in [1.54, 1.807) is 12.1 Å². The van der Waals surface area contributed by atoms with Crippen LogP contribution in [0.2, 0.25) is 0 Å². The fourth-order valence-electron chi connectivity index (χ4n) is 1.93. The Morgan fingerprint density at radius 1 is 1.50 bits per heavy atom. The molecule has 0 saturated heterocycles. The Hall–Kier alpha value is -1.53. The monoisotopic (exact) mass is 249 g/mol. The predicted octanol–water partition coefficient (Wildman–Crippen LogP) is 3.29. The first-order valence-corrected chi connectivity index (χ1v) is 6.23. The van der Waals surface area contributed by atoms with Crippen molar-refractivity contribution in [2.24, 2.45) is 0 Å². The normalized spacial score (nSPS) is 11.9. The first-order valence-electron chi connectivity index (χ1n) is 6.23. The van der Waals surface area contributed by atoms with Crippen molar-refractivity contribution < 1.29 is 9.13 Å². The van der Waals surface area contributed by atoms with Gasteiger partial charge < -0.3 is 10.1 Å². The molecule has 0 heterocycles. The number of ether oxygens (including phenoxy) is 1. The Morgan fingerprint density at radius 3 is 2.89 bits per heavy atom. The van der Waals surface area contributed by atoms with E-state index >= 15 is 0 Å². The van der Waals surface area contributed by atoms with Crippen molar-refractivity contribution in [2.75, 3.05) is 13.7 Å². The van der Waals surface area contributed by atoms with E-state index in [2.05, 4.69) is 18.2 Å². The van der Waals surface area contributed by atoms with Gasteiger partial charge in [-0.1, -0.05) is 13.0 Å². The van der Waals surface area contributed by atoms with Gasteiger partial charge in [0.05, 0.1) is 7.11 Å². The third kappa shape index (κ3) is 4.05. The van der Waals surface area contributed by atoms with Crippen molar-refractivity contribution >= 4 is 0 Å². The van der Waals surface area contributed by atoms with Crippen LogP contribution in [0, 0.1) is 18.2 Å².